The van der Waals surface area contributed by atoms with Gasteiger partial charge >= 0.3 is 0 Å². The fourth-order valence-corrected chi connectivity index (χ4v) is 4.60. The Labute approximate surface area is 191 Å². The molecule has 1 aromatic carbocycles. The Balaban J connectivity index is 1.59. The lowest BCUT2D eigenvalue weighted by Crippen LogP contribution is -2.45. The molecular weight excluding hydrogens is 404 g/mol. The van der Waals surface area contributed by atoms with Gasteiger partial charge in [-0.1, -0.05) is 45.0 Å². The van der Waals surface area contributed by atoms with Crippen molar-refractivity contribution in [3.05, 3.63) is 51.5 Å². The molecule has 1 aliphatic heterocycles. The van der Waals surface area contributed by atoms with Gasteiger partial charge in [0.15, 0.2) is 5.96 Å². The van der Waals surface area contributed by atoms with Crippen LogP contribution >= 0.6 is 11.3 Å². The van der Waals surface area contributed by atoms with Crippen molar-refractivity contribution in [1.82, 2.24) is 25.4 Å². The number of nitrogens with one attached hydrogen (secondary N) is 2. The minimum absolute atomic E-state index is 0.466. The summed E-state index contributed by atoms with van der Waals surface area (Å²) in [6.07, 6.45) is 0. The second kappa shape index (κ2) is 12.2. The van der Waals surface area contributed by atoms with Crippen molar-refractivity contribution in [1.29, 1.82) is 0 Å². The number of aromatic nitrogens is 1. The highest BCUT2D eigenvalue weighted by Crippen LogP contribution is 2.18. The molecular formula is C24H38N6S. The largest absolute Gasteiger partial charge is 0.357 e. The van der Waals surface area contributed by atoms with Gasteiger partial charge in [0.05, 0.1) is 18.8 Å². The third-order valence-corrected chi connectivity index (χ3v) is 6.61. The van der Waals surface area contributed by atoms with Gasteiger partial charge in [-0.2, -0.15) is 0 Å². The second-order valence-electron chi connectivity index (χ2n) is 8.35. The summed E-state index contributed by atoms with van der Waals surface area (Å²) >= 11 is 1.71. The minimum Gasteiger partial charge on any atom is -0.357 e. The lowest BCUT2D eigenvalue weighted by atomic mass is 10.1. The van der Waals surface area contributed by atoms with Gasteiger partial charge in [-0.3, -0.25) is 4.90 Å². The molecule has 2 heterocycles. The van der Waals surface area contributed by atoms with Crippen LogP contribution in [0, 0.1) is 0 Å². The monoisotopic (exact) mass is 442 g/mol. The molecule has 0 amide bonds. The number of aliphatic imine (C=N–C) groups is 1. The van der Waals surface area contributed by atoms with Crippen molar-refractivity contribution in [2.24, 2.45) is 4.99 Å². The summed E-state index contributed by atoms with van der Waals surface area (Å²) in [6.45, 7) is 17.7. The molecule has 2 aromatic rings. The molecule has 0 saturated carbocycles. The maximum absolute atomic E-state index is 4.86. The van der Waals surface area contributed by atoms with Gasteiger partial charge in [0.25, 0.3) is 0 Å². The highest BCUT2D eigenvalue weighted by molar-refractivity contribution is 7.09. The average Bonchev–Trinajstić information content (AvgIpc) is 3.27. The highest BCUT2D eigenvalue weighted by atomic mass is 32.1. The first-order valence-electron chi connectivity index (χ1n) is 11.6. The topological polar surface area (TPSA) is 55.8 Å². The van der Waals surface area contributed by atoms with Crippen LogP contribution in [0.5, 0.6) is 0 Å². The molecule has 2 N–H and O–H groups in total. The number of hydrogen-bond donors (Lipinski definition) is 2. The molecule has 0 unspecified atom stereocenters. The molecule has 31 heavy (non-hydrogen) atoms. The number of thiazole rings is 1. The zero-order valence-corrected chi connectivity index (χ0v) is 20.3. The van der Waals surface area contributed by atoms with E-state index in [0.717, 1.165) is 49.4 Å². The van der Waals surface area contributed by atoms with Crippen LogP contribution in [0.3, 0.4) is 0 Å². The summed E-state index contributed by atoms with van der Waals surface area (Å²) in [5.41, 5.74) is 3.85. The Morgan fingerprint density at radius 3 is 2.42 bits per heavy atom. The Hall–Kier alpha value is -1.96. The van der Waals surface area contributed by atoms with E-state index in [1.807, 2.05) is 0 Å². The third-order valence-electron chi connectivity index (χ3n) is 5.74. The fourth-order valence-electron chi connectivity index (χ4n) is 3.71. The molecule has 6 nitrogen and oxygen atoms in total. The van der Waals surface area contributed by atoms with Gasteiger partial charge in [0, 0.05) is 44.6 Å². The van der Waals surface area contributed by atoms with Gasteiger partial charge in [-0.25, -0.2) is 9.98 Å². The molecule has 0 atom stereocenters. The first-order valence-corrected chi connectivity index (χ1v) is 12.4. The maximum atomic E-state index is 4.86. The van der Waals surface area contributed by atoms with Gasteiger partial charge in [0.2, 0.25) is 0 Å². The smallest absolute Gasteiger partial charge is 0.191 e. The van der Waals surface area contributed by atoms with Crippen LogP contribution in [0.1, 0.15) is 55.4 Å². The van der Waals surface area contributed by atoms with Crippen molar-refractivity contribution >= 4 is 17.3 Å². The van der Waals surface area contributed by atoms with Crippen LogP contribution < -0.4 is 10.6 Å². The highest BCUT2D eigenvalue weighted by Gasteiger charge is 2.16. The minimum atomic E-state index is 0.466. The summed E-state index contributed by atoms with van der Waals surface area (Å²) in [6, 6.07) is 8.72. The van der Waals surface area contributed by atoms with Crippen LogP contribution in [0.2, 0.25) is 0 Å². The molecule has 1 aromatic heterocycles. The molecule has 7 heteroatoms. The first-order chi connectivity index (χ1) is 15.1. The van der Waals surface area contributed by atoms with E-state index in [1.165, 1.54) is 24.2 Å². The number of guanidine groups is 1. The fraction of sp³-hybridized carbons (Fsp3) is 0.583. The Kier molecular flexibility index (Phi) is 9.31. The van der Waals surface area contributed by atoms with E-state index >= 15 is 0 Å². The second-order valence-corrected chi connectivity index (χ2v) is 9.29. The van der Waals surface area contributed by atoms with E-state index in [1.54, 1.807) is 11.3 Å². The predicted octanol–water partition coefficient (Wildman–Crippen LogP) is 3.66. The van der Waals surface area contributed by atoms with Crippen LogP contribution in [0.25, 0.3) is 0 Å². The first kappa shape index (κ1) is 23.7. The van der Waals surface area contributed by atoms with Crippen LogP contribution in [0.4, 0.5) is 0 Å². The van der Waals surface area contributed by atoms with Gasteiger partial charge in [0.1, 0.15) is 5.01 Å². The number of hydrogen-bond acceptors (Lipinski definition) is 5. The molecule has 1 saturated heterocycles. The summed E-state index contributed by atoms with van der Waals surface area (Å²) < 4.78 is 0. The standard InChI is InChI=1S/C24H38N6S/c1-5-25-24(27-16-23-28-22(18-31-23)19(3)4)26-15-20-9-7-8-10-21(20)17-30-13-11-29(6-2)12-14-30/h7-10,18-19H,5-6,11-17H2,1-4H3,(H2,25,26,27). The summed E-state index contributed by atoms with van der Waals surface area (Å²) in [5.74, 6) is 1.31. The Morgan fingerprint density at radius 2 is 1.77 bits per heavy atom. The molecule has 0 aliphatic carbocycles. The van der Waals surface area contributed by atoms with E-state index in [4.69, 9.17) is 9.98 Å². The third kappa shape index (κ3) is 7.30. The van der Waals surface area contributed by atoms with E-state index in [9.17, 15) is 0 Å². The van der Waals surface area contributed by atoms with E-state index in [0.29, 0.717) is 19.0 Å². The molecule has 170 valence electrons. The number of benzene rings is 1. The number of likely N-dealkylation sites (N-methyl/N-ethyl adjacent to an activating group) is 1. The number of piperazine rings is 1. The molecule has 0 radical (unpaired) electrons. The van der Waals surface area contributed by atoms with Crippen LogP contribution in [-0.4, -0.2) is 60.0 Å². The van der Waals surface area contributed by atoms with E-state index < -0.39 is 0 Å². The van der Waals surface area contributed by atoms with Crippen molar-refractivity contribution in [3.8, 4) is 0 Å². The average molecular weight is 443 g/mol. The van der Waals surface area contributed by atoms with E-state index in [2.05, 4.69) is 77.8 Å². The molecule has 3 rings (SSSR count). The molecule has 0 bridgehead atoms. The number of rotatable bonds is 9. The van der Waals surface area contributed by atoms with Crippen molar-refractivity contribution in [3.63, 3.8) is 0 Å². The number of nitrogens with zero attached hydrogens (tertiary/aromatic N) is 4. The molecule has 1 aliphatic rings. The van der Waals surface area contributed by atoms with Gasteiger partial charge in [-0.05, 0) is 30.5 Å². The van der Waals surface area contributed by atoms with Gasteiger partial charge in [-0.15, -0.1) is 11.3 Å². The Morgan fingerprint density at radius 1 is 1.06 bits per heavy atom. The summed E-state index contributed by atoms with van der Waals surface area (Å²) in [5, 5.41) is 10.1. The predicted molar refractivity (Wildman–Crippen MR) is 132 cm³/mol. The molecule has 0 spiro atoms. The lowest BCUT2D eigenvalue weighted by Gasteiger charge is -2.34. The van der Waals surface area contributed by atoms with Crippen molar-refractivity contribution < 1.29 is 0 Å². The summed E-state index contributed by atoms with van der Waals surface area (Å²) in [4.78, 5) is 14.7. The SMILES string of the molecule is CCNC(=NCc1ccccc1CN1CCN(CC)CC1)NCc1nc(C(C)C)cs1. The zero-order valence-electron chi connectivity index (χ0n) is 19.5. The zero-order chi connectivity index (χ0) is 22.1. The quantitative estimate of drug-likeness (QED) is 0.459. The normalized spacial score (nSPS) is 16.1. The van der Waals surface area contributed by atoms with Crippen molar-refractivity contribution in [2.75, 3.05) is 39.3 Å². The van der Waals surface area contributed by atoms with Gasteiger partial charge < -0.3 is 15.5 Å². The van der Waals surface area contributed by atoms with Crippen LogP contribution in [-0.2, 0) is 19.6 Å². The van der Waals surface area contributed by atoms with E-state index in [-0.39, 0.29) is 0 Å². The lowest BCUT2D eigenvalue weighted by molar-refractivity contribution is 0.131. The molecule has 1 fully saturated rings. The Bertz CT molecular complexity index is 823. The maximum Gasteiger partial charge on any atom is 0.191 e. The summed E-state index contributed by atoms with van der Waals surface area (Å²) in [7, 11) is 0. The van der Waals surface area contributed by atoms with Crippen molar-refractivity contribution in [2.45, 2.75) is 53.2 Å². The van der Waals surface area contributed by atoms with Crippen LogP contribution in [0.15, 0.2) is 34.6 Å².